The first-order valence-corrected chi connectivity index (χ1v) is 5.89. The Balaban J connectivity index is 1.97. The van der Waals surface area contributed by atoms with E-state index in [0.29, 0.717) is 6.54 Å². The topological polar surface area (TPSA) is 48.7 Å². The van der Waals surface area contributed by atoms with Crippen LogP contribution in [-0.2, 0) is 13.1 Å². The predicted octanol–water partition coefficient (Wildman–Crippen LogP) is 2.55. The summed E-state index contributed by atoms with van der Waals surface area (Å²) in [6, 6.07) is 11.9. The van der Waals surface area contributed by atoms with Gasteiger partial charge in [0.05, 0.1) is 11.6 Å². The number of pyridine rings is 1. The number of aromatic nitrogens is 1. The smallest absolute Gasteiger partial charge is 0.0995 e. The van der Waals surface area contributed by atoms with E-state index >= 15 is 0 Å². The van der Waals surface area contributed by atoms with Crippen molar-refractivity contribution in [3.05, 3.63) is 65.0 Å². The first kappa shape index (κ1) is 12.3. The van der Waals surface area contributed by atoms with E-state index in [4.69, 9.17) is 5.26 Å². The second-order valence-corrected chi connectivity index (χ2v) is 4.17. The second kappa shape index (κ2) is 5.95. The highest BCUT2D eigenvalue weighted by Crippen LogP contribution is 2.08. The Morgan fingerprint density at radius 1 is 1.17 bits per heavy atom. The van der Waals surface area contributed by atoms with Crippen LogP contribution in [-0.4, -0.2) is 4.98 Å². The van der Waals surface area contributed by atoms with Crippen molar-refractivity contribution in [3.63, 3.8) is 0 Å². The quantitative estimate of drug-likeness (QED) is 0.889. The molecule has 0 atom stereocenters. The summed E-state index contributed by atoms with van der Waals surface area (Å²) in [5, 5.41) is 12.3. The number of aryl methyl sites for hydroxylation is 1. The zero-order valence-corrected chi connectivity index (χ0v) is 10.4. The van der Waals surface area contributed by atoms with Gasteiger partial charge < -0.3 is 5.32 Å². The largest absolute Gasteiger partial charge is 0.309 e. The lowest BCUT2D eigenvalue weighted by Gasteiger charge is -2.08. The summed E-state index contributed by atoms with van der Waals surface area (Å²) >= 11 is 0. The Labute approximate surface area is 107 Å². The molecule has 0 spiro atoms. The van der Waals surface area contributed by atoms with Crippen LogP contribution in [0.2, 0.25) is 0 Å². The fourth-order valence-electron chi connectivity index (χ4n) is 1.82. The van der Waals surface area contributed by atoms with Crippen LogP contribution in [0.5, 0.6) is 0 Å². The molecule has 1 heterocycles. The summed E-state index contributed by atoms with van der Waals surface area (Å²) in [4.78, 5) is 4.07. The van der Waals surface area contributed by atoms with Gasteiger partial charge in [0.15, 0.2) is 0 Å². The van der Waals surface area contributed by atoms with Crippen molar-refractivity contribution in [2.24, 2.45) is 0 Å². The van der Waals surface area contributed by atoms with Gasteiger partial charge in [-0.1, -0.05) is 18.2 Å². The molecule has 1 aromatic carbocycles. The monoisotopic (exact) mass is 237 g/mol. The highest BCUT2D eigenvalue weighted by atomic mass is 14.8. The minimum atomic E-state index is 0.700. The van der Waals surface area contributed by atoms with Crippen molar-refractivity contribution in [2.45, 2.75) is 20.0 Å². The van der Waals surface area contributed by atoms with Gasteiger partial charge in [-0.2, -0.15) is 5.26 Å². The van der Waals surface area contributed by atoms with Crippen LogP contribution < -0.4 is 5.32 Å². The molecule has 0 saturated carbocycles. The molecule has 1 aromatic heterocycles. The highest BCUT2D eigenvalue weighted by molar-refractivity contribution is 5.37. The molecule has 0 bridgehead atoms. The van der Waals surface area contributed by atoms with Crippen molar-refractivity contribution in [1.82, 2.24) is 10.3 Å². The van der Waals surface area contributed by atoms with E-state index in [1.54, 1.807) is 6.20 Å². The van der Waals surface area contributed by atoms with Gasteiger partial charge in [-0.25, -0.2) is 0 Å². The Bertz CT molecular complexity index is 570. The Kier molecular flexibility index (Phi) is 4.06. The number of nitrogens with zero attached hydrogens (tertiary/aromatic N) is 2. The van der Waals surface area contributed by atoms with Crippen LogP contribution in [0.3, 0.4) is 0 Å². The third-order valence-corrected chi connectivity index (χ3v) is 2.91. The number of hydrogen-bond acceptors (Lipinski definition) is 3. The van der Waals surface area contributed by atoms with E-state index in [2.05, 4.69) is 16.4 Å². The number of nitriles is 1. The SMILES string of the molecule is Cc1cnccc1CNCc1ccccc1C#N. The fraction of sp³-hybridized carbons (Fsp3) is 0.200. The van der Waals surface area contributed by atoms with Gasteiger partial charge >= 0.3 is 0 Å². The van der Waals surface area contributed by atoms with Crippen molar-refractivity contribution in [3.8, 4) is 6.07 Å². The Morgan fingerprint density at radius 3 is 2.72 bits per heavy atom. The van der Waals surface area contributed by atoms with Crippen molar-refractivity contribution >= 4 is 0 Å². The molecular weight excluding hydrogens is 222 g/mol. The summed E-state index contributed by atoms with van der Waals surface area (Å²) in [7, 11) is 0. The zero-order valence-electron chi connectivity index (χ0n) is 10.4. The summed E-state index contributed by atoms with van der Waals surface area (Å²) in [6.45, 7) is 3.53. The molecule has 18 heavy (non-hydrogen) atoms. The van der Waals surface area contributed by atoms with Gasteiger partial charge in [0.2, 0.25) is 0 Å². The second-order valence-electron chi connectivity index (χ2n) is 4.17. The van der Waals surface area contributed by atoms with Gasteiger partial charge in [0.1, 0.15) is 0 Å². The van der Waals surface area contributed by atoms with Crippen molar-refractivity contribution < 1.29 is 0 Å². The minimum Gasteiger partial charge on any atom is -0.309 e. The molecule has 0 fully saturated rings. The molecular formula is C15H15N3. The lowest BCUT2D eigenvalue weighted by molar-refractivity contribution is 0.688. The fourth-order valence-corrected chi connectivity index (χ4v) is 1.82. The summed E-state index contributed by atoms with van der Waals surface area (Å²) < 4.78 is 0. The van der Waals surface area contributed by atoms with E-state index < -0.39 is 0 Å². The molecule has 2 rings (SSSR count). The molecule has 0 amide bonds. The van der Waals surface area contributed by atoms with Gasteiger partial charge in [0, 0.05) is 25.5 Å². The number of rotatable bonds is 4. The van der Waals surface area contributed by atoms with Crippen LogP contribution in [0.4, 0.5) is 0 Å². The van der Waals surface area contributed by atoms with E-state index in [-0.39, 0.29) is 0 Å². The minimum absolute atomic E-state index is 0.700. The van der Waals surface area contributed by atoms with Crippen LogP contribution in [0.1, 0.15) is 22.3 Å². The van der Waals surface area contributed by atoms with Gasteiger partial charge in [0.25, 0.3) is 0 Å². The van der Waals surface area contributed by atoms with E-state index in [0.717, 1.165) is 17.7 Å². The molecule has 90 valence electrons. The van der Waals surface area contributed by atoms with Crippen molar-refractivity contribution in [1.29, 1.82) is 5.26 Å². The highest BCUT2D eigenvalue weighted by Gasteiger charge is 2.01. The molecule has 0 aliphatic carbocycles. The third-order valence-electron chi connectivity index (χ3n) is 2.91. The average molecular weight is 237 g/mol. The number of hydrogen-bond donors (Lipinski definition) is 1. The summed E-state index contributed by atoms with van der Waals surface area (Å²) in [5.41, 5.74) is 4.18. The Morgan fingerprint density at radius 2 is 1.94 bits per heavy atom. The standard InChI is InChI=1S/C15H15N3/c1-12-9-17-7-6-14(12)10-18-11-15-5-3-2-4-13(15)8-16/h2-7,9,18H,10-11H2,1H3. The van der Waals surface area contributed by atoms with E-state index in [1.165, 1.54) is 11.1 Å². The summed E-state index contributed by atoms with van der Waals surface area (Å²) in [6.07, 6.45) is 3.66. The van der Waals surface area contributed by atoms with Crippen LogP contribution >= 0.6 is 0 Å². The maximum absolute atomic E-state index is 8.99. The lowest BCUT2D eigenvalue weighted by Crippen LogP contribution is -2.14. The molecule has 3 heteroatoms. The first-order valence-electron chi connectivity index (χ1n) is 5.89. The molecule has 0 radical (unpaired) electrons. The van der Waals surface area contributed by atoms with Gasteiger partial charge in [-0.3, -0.25) is 4.98 Å². The lowest BCUT2D eigenvalue weighted by atomic mass is 10.1. The molecule has 0 unspecified atom stereocenters. The molecule has 0 aliphatic heterocycles. The normalized spacial score (nSPS) is 10.0. The first-order chi connectivity index (χ1) is 8.81. The average Bonchev–Trinajstić information content (AvgIpc) is 2.41. The molecule has 0 saturated heterocycles. The molecule has 1 N–H and O–H groups in total. The van der Waals surface area contributed by atoms with E-state index in [9.17, 15) is 0 Å². The summed E-state index contributed by atoms with van der Waals surface area (Å²) in [5.74, 6) is 0. The Hall–Kier alpha value is -2.18. The molecule has 3 nitrogen and oxygen atoms in total. The van der Waals surface area contributed by atoms with Crippen molar-refractivity contribution in [2.75, 3.05) is 0 Å². The maximum Gasteiger partial charge on any atom is 0.0995 e. The predicted molar refractivity (Wildman–Crippen MR) is 70.7 cm³/mol. The molecule has 2 aromatic rings. The zero-order chi connectivity index (χ0) is 12.8. The van der Waals surface area contributed by atoms with E-state index in [1.807, 2.05) is 43.5 Å². The van der Waals surface area contributed by atoms with Crippen LogP contribution in [0, 0.1) is 18.3 Å². The van der Waals surface area contributed by atoms with Gasteiger partial charge in [-0.05, 0) is 35.7 Å². The molecule has 0 aliphatic rings. The van der Waals surface area contributed by atoms with Crippen LogP contribution in [0.25, 0.3) is 0 Å². The maximum atomic E-state index is 8.99. The number of benzene rings is 1. The van der Waals surface area contributed by atoms with Gasteiger partial charge in [-0.15, -0.1) is 0 Å². The third kappa shape index (κ3) is 2.93. The van der Waals surface area contributed by atoms with Crippen LogP contribution in [0.15, 0.2) is 42.7 Å². The number of nitrogens with one attached hydrogen (secondary N) is 1.